The first kappa shape index (κ1) is 20.3. The molecule has 5 rings (SSSR count). The van der Waals surface area contributed by atoms with E-state index in [1.165, 1.54) is 19.1 Å². The second kappa shape index (κ2) is 7.83. The molecule has 32 heavy (non-hydrogen) atoms. The van der Waals surface area contributed by atoms with Gasteiger partial charge < -0.3 is 24.0 Å². The molecule has 3 heterocycles. The van der Waals surface area contributed by atoms with Gasteiger partial charge in [-0.05, 0) is 18.2 Å². The zero-order valence-electron chi connectivity index (χ0n) is 17.9. The summed E-state index contributed by atoms with van der Waals surface area (Å²) in [5.74, 6) is -0.0328. The minimum absolute atomic E-state index is 0.143. The fourth-order valence-corrected chi connectivity index (χ4v) is 4.64. The molecule has 0 bridgehead atoms. The second-order valence-corrected chi connectivity index (χ2v) is 7.76. The van der Waals surface area contributed by atoms with E-state index in [-0.39, 0.29) is 24.3 Å². The molecule has 0 spiro atoms. The number of anilines is 1. The summed E-state index contributed by atoms with van der Waals surface area (Å²) in [6.07, 6.45) is -0.746. The van der Waals surface area contributed by atoms with Gasteiger partial charge in [0.15, 0.2) is 11.5 Å². The Morgan fingerprint density at radius 3 is 2.50 bits per heavy atom. The maximum absolute atomic E-state index is 13.6. The van der Waals surface area contributed by atoms with Crippen molar-refractivity contribution in [1.29, 1.82) is 0 Å². The number of carbonyl (C=O) groups is 3. The van der Waals surface area contributed by atoms with Crippen molar-refractivity contribution in [2.45, 2.75) is 6.17 Å². The van der Waals surface area contributed by atoms with E-state index < -0.39 is 6.17 Å². The summed E-state index contributed by atoms with van der Waals surface area (Å²) < 4.78 is 16.2. The summed E-state index contributed by atoms with van der Waals surface area (Å²) in [4.78, 5) is 44.9. The van der Waals surface area contributed by atoms with E-state index in [1.807, 2.05) is 0 Å². The Morgan fingerprint density at radius 2 is 1.78 bits per heavy atom. The molecule has 166 valence electrons. The van der Waals surface area contributed by atoms with Crippen LogP contribution in [0, 0.1) is 0 Å². The van der Waals surface area contributed by atoms with Gasteiger partial charge in [0, 0.05) is 18.7 Å². The highest BCUT2D eigenvalue weighted by atomic mass is 16.5. The number of amides is 3. The molecule has 1 saturated heterocycles. The first-order valence-corrected chi connectivity index (χ1v) is 10.4. The van der Waals surface area contributed by atoms with Gasteiger partial charge in [-0.2, -0.15) is 0 Å². The van der Waals surface area contributed by atoms with Gasteiger partial charge in [0.1, 0.15) is 12.7 Å². The highest BCUT2D eigenvalue weighted by Gasteiger charge is 2.50. The zero-order chi connectivity index (χ0) is 22.4. The molecule has 0 radical (unpaired) electrons. The predicted molar refractivity (Wildman–Crippen MR) is 114 cm³/mol. The van der Waals surface area contributed by atoms with Crippen LogP contribution in [0.15, 0.2) is 36.4 Å². The third-order valence-electron chi connectivity index (χ3n) is 6.15. The van der Waals surface area contributed by atoms with E-state index in [2.05, 4.69) is 0 Å². The van der Waals surface area contributed by atoms with E-state index in [9.17, 15) is 14.4 Å². The van der Waals surface area contributed by atoms with Crippen LogP contribution in [-0.4, -0.2) is 74.6 Å². The molecule has 3 aliphatic heterocycles. The minimum atomic E-state index is -0.746. The van der Waals surface area contributed by atoms with E-state index in [0.717, 1.165) is 0 Å². The highest BCUT2D eigenvalue weighted by Crippen LogP contribution is 2.49. The Labute approximate surface area is 185 Å². The quantitative estimate of drug-likeness (QED) is 0.723. The topological polar surface area (TPSA) is 88.6 Å². The lowest BCUT2D eigenvalue weighted by Gasteiger charge is -2.41. The van der Waals surface area contributed by atoms with Crippen LogP contribution in [0.25, 0.3) is 0 Å². The third kappa shape index (κ3) is 2.92. The number of rotatable bonds is 4. The lowest BCUT2D eigenvalue weighted by Crippen LogP contribution is -2.53. The normalized spacial score (nSPS) is 19.4. The number of para-hydroxylation sites is 1. The Balaban J connectivity index is 1.62. The van der Waals surface area contributed by atoms with Crippen molar-refractivity contribution < 1.29 is 28.6 Å². The zero-order valence-corrected chi connectivity index (χ0v) is 17.9. The number of morpholine rings is 1. The molecule has 0 aliphatic carbocycles. The number of fused-ring (bicyclic) bond motifs is 5. The Morgan fingerprint density at radius 1 is 1.03 bits per heavy atom. The summed E-state index contributed by atoms with van der Waals surface area (Å²) in [6.45, 7) is 1.75. The predicted octanol–water partition coefficient (Wildman–Crippen LogP) is 1.68. The molecule has 0 aromatic heterocycles. The first-order chi connectivity index (χ1) is 15.6. The van der Waals surface area contributed by atoms with Crippen molar-refractivity contribution in [3.8, 4) is 11.5 Å². The van der Waals surface area contributed by atoms with Gasteiger partial charge in [-0.3, -0.25) is 19.3 Å². The van der Waals surface area contributed by atoms with Crippen molar-refractivity contribution in [3.63, 3.8) is 0 Å². The lowest BCUT2D eigenvalue weighted by molar-refractivity contribution is -0.136. The van der Waals surface area contributed by atoms with Crippen LogP contribution in [0.4, 0.5) is 5.69 Å². The van der Waals surface area contributed by atoms with Crippen molar-refractivity contribution >= 4 is 23.4 Å². The van der Waals surface area contributed by atoms with E-state index in [0.29, 0.717) is 60.2 Å². The molecule has 1 fully saturated rings. The fourth-order valence-electron chi connectivity index (χ4n) is 4.64. The monoisotopic (exact) mass is 437 g/mol. The van der Waals surface area contributed by atoms with Crippen molar-refractivity contribution in [2.24, 2.45) is 0 Å². The van der Waals surface area contributed by atoms with Crippen LogP contribution in [0.1, 0.15) is 32.4 Å². The third-order valence-corrected chi connectivity index (χ3v) is 6.15. The number of benzene rings is 2. The molecular weight excluding hydrogens is 414 g/mol. The lowest BCUT2D eigenvalue weighted by atomic mass is 10.0. The van der Waals surface area contributed by atoms with Crippen LogP contribution in [0.2, 0.25) is 0 Å². The molecule has 0 unspecified atom stereocenters. The van der Waals surface area contributed by atoms with Crippen LogP contribution in [-0.2, 0) is 9.53 Å². The van der Waals surface area contributed by atoms with Gasteiger partial charge in [-0.15, -0.1) is 0 Å². The van der Waals surface area contributed by atoms with Gasteiger partial charge in [0.05, 0.1) is 44.2 Å². The standard InChI is InChI=1S/C23H23N3O6/c1-30-17-8-7-15-19(20(17)31-2)23(29)26-16-6-4-3-5-14(16)22(28)25(21(15)26)13-18(27)24-9-11-32-12-10-24/h3-8,21H,9-13H2,1-2H3/t21-/m1/s1. The SMILES string of the molecule is COc1ccc2c(c1OC)C(=O)N1c3ccccc3C(=O)N(CC(=O)N3CCOCC3)[C@@H]21. The fraction of sp³-hybridized carbons (Fsp3) is 0.348. The van der Waals surface area contributed by atoms with Gasteiger partial charge >= 0.3 is 0 Å². The number of methoxy groups -OCH3 is 2. The maximum atomic E-state index is 13.6. The summed E-state index contributed by atoms with van der Waals surface area (Å²) in [7, 11) is 2.98. The Hall–Kier alpha value is -3.59. The molecule has 1 atom stereocenters. The second-order valence-electron chi connectivity index (χ2n) is 7.76. The minimum Gasteiger partial charge on any atom is -0.493 e. The molecule has 2 aromatic carbocycles. The van der Waals surface area contributed by atoms with E-state index in [4.69, 9.17) is 14.2 Å². The maximum Gasteiger partial charge on any atom is 0.264 e. The average Bonchev–Trinajstić information content (AvgIpc) is 3.14. The molecule has 9 heteroatoms. The van der Waals surface area contributed by atoms with E-state index in [1.54, 1.807) is 46.2 Å². The molecule has 0 saturated carbocycles. The molecule has 3 aliphatic rings. The highest BCUT2D eigenvalue weighted by molar-refractivity contribution is 6.18. The van der Waals surface area contributed by atoms with Crippen LogP contribution < -0.4 is 14.4 Å². The average molecular weight is 437 g/mol. The van der Waals surface area contributed by atoms with Crippen LogP contribution in [0.3, 0.4) is 0 Å². The number of hydrogen-bond acceptors (Lipinski definition) is 6. The van der Waals surface area contributed by atoms with Gasteiger partial charge in [0.2, 0.25) is 5.91 Å². The smallest absolute Gasteiger partial charge is 0.264 e. The van der Waals surface area contributed by atoms with Gasteiger partial charge in [-0.25, -0.2) is 0 Å². The first-order valence-electron chi connectivity index (χ1n) is 10.4. The van der Waals surface area contributed by atoms with Crippen LogP contribution >= 0.6 is 0 Å². The van der Waals surface area contributed by atoms with Gasteiger partial charge in [-0.1, -0.05) is 18.2 Å². The van der Waals surface area contributed by atoms with Crippen molar-refractivity contribution in [3.05, 3.63) is 53.1 Å². The molecular formula is C23H23N3O6. The summed E-state index contributed by atoms with van der Waals surface area (Å²) >= 11 is 0. The van der Waals surface area contributed by atoms with E-state index >= 15 is 0 Å². The molecule has 2 aromatic rings. The van der Waals surface area contributed by atoms with Crippen molar-refractivity contribution in [1.82, 2.24) is 9.80 Å². The number of hydrogen-bond donors (Lipinski definition) is 0. The van der Waals surface area contributed by atoms with Crippen LogP contribution in [0.5, 0.6) is 11.5 Å². The molecule has 0 N–H and O–H groups in total. The Bertz CT molecular complexity index is 1110. The number of carbonyl (C=O) groups excluding carboxylic acids is 3. The summed E-state index contributed by atoms with van der Waals surface area (Å²) in [6, 6.07) is 10.4. The largest absolute Gasteiger partial charge is 0.493 e. The Kier molecular flexibility index (Phi) is 4.97. The number of ether oxygens (including phenoxy) is 3. The summed E-state index contributed by atoms with van der Waals surface area (Å²) in [5.41, 5.74) is 1.83. The number of nitrogens with zero attached hydrogens (tertiary/aromatic N) is 3. The van der Waals surface area contributed by atoms with Gasteiger partial charge in [0.25, 0.3) is 11.8 Å². The molecule has 3 amide bonds. The summed E-state index contributed by atoms with van der Waals surface area (Å²) in [5, 5.41) is 0. The molecule has 9 nitrogen and oxygen atoms in total. The van der Waals surface area contributed by atoms with Crippen molar-refractivity contribution in [2.75, 3.05) is 52.0 Å².